The lowest BCUT2D eigenvalue weighted by molar-refractivity contribution is 0.413. The van der Waals surface area contributed by atoms with Gasteiger partial charge in [0.25, 0.3) is 0 Å². The molecule has 2 aromatic heterocycles. The highest BCUT2D eigenvalue weighted by Crippen LogP contribution is 2.34. The highest BCUT2D eigenvalue weighted by atomic mass is 35.5. The van der Waals surface area contributed by atoms with Crippen LogP contribution in [0.1, 0.15) is 5.56 Å². The molecule has 1 aromatic carbocycles. The van der Waals surface area contributed by atoms with E-state index in [1.165, 1.54) is 6.07 Å². The van der Waals surface area contributed by atoms with Gasteiger partial charge in [0.1, 0.15) is 6.07 Å². The molecule has 98 valence electrons. The van der Waals surface area contributed by atoms with Gasteiger partial charge in [-0.25, -0.2) is 0 Å². The van der Waals surface area contributed by atoms with Crippen molar-refractivity contribution < 1.29 is 9.84 Å². The van der Waals surface area contributed by atoms with Crippen LogP contribution in [0.2, 0.25) is 5.02 Å². The lowest BCUT2D eigenvalue weighted by Gasteiger charge is -2.09. The standard InChI is InChI=1S/C15H9ClN2O2/c16-11-3-4-15(13(19)7-11)20-14-2-1-5-18-9-10(8-17)6-12(14)18/h1-7,9,19H. The van der Waals surface area contributed by atoms with E-state index in [-0.39, 0.29) is 5.75 Å². The van der Waals surface area contributed by atoms with Crippen molar-refractivity contribution in [2.24, 2.45) is 0 Å². The van der Waals surface area contributed by atoms with Crippen LogP contribution in [0.15, 0.2) is 48.8 Å². The minimum atomic E-state index is -0.0356. The summed E-state index contributed by atoms with van der Waals surface area (Å²) in [5, 5.41) is 19.2. The Morgan fingerprint density at radius 3 is 2.80 bits per heavy atom. The Hall–Kier alpha value is -2.64. The van der Waals surface area contributed by atoms with Gasteiger partial charge in [0.05, 0.1) is 11.1 Å². The highest BCUT2D eigenvalue weighted by molar-refractivity contribution is 6.30. The van der Waals surface area contributed by atoms with Gasteiger partial charge in [-0.15, -0.1) is 0 Å². The molecule has 2 heterocycles. The number of phenols is 1. The van der Waals surface area contributed by atoms with Gasteiger partial charge in [0, 0.05) is 23.5 Å². The van der Waals surface area contributed by atoms with Crippen LogP contribution in [0.3, 0.4) is 0 Å². The largest absolute Gasteiger partial charge is 0.504 e. The molecule has 0 radical (unpaired) electrons. The number of nitrogens with zero attached hydrogens (tertiary/aromatic N) is 2. The molecule has 0 saturated carbocycles. The Morgan fingerprint density at radius 1 is 1.20 bits per heavy atom. The fourth-order valence-corrected chi connectivity index (χ4v) is 2.12. The van der Waals surface area contributed by atoms with E-state index in [0.717, 1.165) is 5.52 Å². The summed E-state index contributed by atoms with van der Waals surface area (Å²) in [5.41, 5.74) is 1.29. The van der Waals surface area contributed by atoms with Crippen LogP contribution >= 0.6 is 11.6 Å². The Balaban J connectivity index is 2.06. The van der Waals surface area contributed by atoms with E-state index < -0.39 is 0 Å². The van der Waals surface area contributed by atoms with E-state index in [0.29, 0.717) is 22.1 Å². The monoisotopic (exact) mass is 284 g/mol. The van der Waals surface area contributed by atoms with E-state index in [4.69, 9.17) is 21.6 Å². The van der Waals surface area contributed by atoms with E-state index in [1.54, 1.807) is 40.9 Å². The molecule has 0 atom stereocenters. The maximum Gasteiger partial charge on any atom is 0.169 e. The van der Waals surface area contributed by atoms with Crippen LogP contribution in [0.25, 0.3) is 5.52 Å². The molecule has 0 bridgehead atoms. The number of nitriles is 1. The van der Waals surface area contributed by atoms with Gasteiger partial charge in [-0.1, -0.05) is 11.6 Å². The fraction of sp³-hybridized carbons (Fsp3) is 0. The Bertz CT molecular complexity index is 833. The molecule has 0 aliphatic heterocycles. The lowest BCUT2D eigenvalue weighted by Crippen LogP contribution is -1.89. The zero-order valence-electron chi connectivity index (χ0n) is 10.2. The highest BCUT2D eigenvalue weighted by Gasteiger charge is 2.09. The Kier molecular flexibility index (Phi) is 2.97. The number of phenolic OH excluding ortho intramolecular Hbond substituents is 1. The summed E-state index contributed by atoms with van der Waals surface area (Å²) in [6.45, 7) is 0. The van der Waals surface area contributed by atoms with Crippen LogP contribution in [-0.2, 0) is 0 Å². The molecular weight excluding hydrogens is 276 g/mol. The molecule has 5 heteroatoms. The first kappa shape index (κ1) is 12.4. The number of hydrogen-bond acceptors (Lipinski definition) is 3. The fourth-order valence-electron chi connectivity index (χ4n) is 1.95. The molecule has 0 spiro atoms. The van der Waals surface area contributed by atoms with Crippen LogP contribution in [0.4, 0.5) is 0 Å². The van der Waals surface area contributed by atoms with Crippen molar-refractivity contribution >= 4 is 17.1 Å². The van der Waals surface area contributed by atoms with Gasteiger partial charge in [0.15, 0.2) is 17.2 Å². The van der Waals surface area contributed by atoms with Gasteiger partial charge in [0.2, 0.25) is 0 Å². The second kappa shape index (κ2) is 4.80. The Labute approximate surface area is 120 Å². The number of hydrogen-bond donors (Lipinski definition) is 1. The zero-order valence-corrected chi connectivity index (χ0v) is 11.0. The number of benzene rings is 1. The third-order valence-corrected chi connectivity index (χ3v) is 3.10. The second-order valence-electron chi connectivity index (χ2n) is 4.22. The number of fused-ring (bicyclic) bond motifs is 1. The van der Waals surface area contributed by atoms with Gasteiger partial charge in [-0.05, 0) is 30.3 Å². The maximum atomic E-state index is 9.81. The third-order valence-electron chi connectivity index (χ3n) is 2.87. The second-order valence-corrected chi connectivity index (χ2v) is 4.66. The Morgan fingerprint density at radius 2 is 2.05 bits per heavy atom. The molecule has 1 N–H and O–H groups in total. The molecule has 0 amide bonds. The number of ether oxygens (including phenoxy) is 1. The predicted octanol–water partition coefficient (Wildman–Crippen LogP) is 3.96. The molecule has 20 heavy (non-hydrogen) atoms. The first-order chi connectivity index (χ1) is 9.67. The minimum Gasteiger partial charge on any atom is -0.504 e. The molecule has 0 aliphatic carbocycles. The van der Waals surface area contributed by atoms with Crippen molar-refractivity contribution in [3.8, 4) is 23.3 Å². The molecule has 4 nitrogen and oxygen atoms in total. The van der Waals surface area contributed by atoms with Gasteiger partial charge in [-0.2, -0.15) is 5.26 Å². The summed E-state index contributed by atoms with van der Waals surface area (Å²) < 4.78 is 7.49. The van der Waals surface area contributed by atoms with Crippen LogP contribution in [0, 0.1) is 11.3 Å². The number of aromatic nitrogens is 1. The average Bonchev–Trinajstić information content (AvgIpc) is 2.86. The first-order valence-electron chi connectivity index (χ1n) is 5.84. The molecule has 0 unspecified atom stereocenters. The quantitative estimate of drug-likeness (QED) is 0.775. The third kappa shape index (κ3) is 2.15. The average molecular weight is 285 g/mol. The van der Waals surface area contributed by atoms with E-state index in [2.05, 4.69) is 6.07 Å². The normalized spacial score (nSPS) is 10.4. The van der Waals surface area contributed by atoms with E-state index in [1.807, 2.05) is 6.20 Å². The molecule has 0 aliphatic rings. The molecule has 3 aromatic rings. The topological polar surface area (TPSA) is 57.7 Å². The van der Waals surface area contributed by atoms with Gasteiger partial charge >= 0.3 is 0 Å². The number of pyridine rings is 1. The van der Waals surface area contributed by atoms with Crippen LogP contribution in [-0.4, -0.2) is 9.51 Å². The summed E-state index contributed by atoms with van der Waals surface area (Å²) in [7, 11) is 0. The number of halogens is 1. The van der Waals surface area contributed by atoms with Crippen molar-refractivity contribution in [2.75, 3.05) is 0 Å². The maximum absolute atomic E-state index is 9.81. The number of rotatable bonds is 2. The van der Waals surface area contributed by atoms with Crippen LogP contribution in [0.5, 0.6) is 17.2 Å². The van der Waals surface area contributed by atoms with Gasteiger partial charge < -0.3 is 14.2 Å². The molecular formula is C15H9ClN2O2. The zero-order chi connectivity index (χ0) is 14.1. The first-order valence-corrected chi connectivity index (χ1v) is 6.22. The molecule has 0 fully saturated rings. The van der Waals surface area contributed by atoms with Crippen molar-refractivity contribution in [3.63, 3.8) is 0 Å². The summed E-state index contributed by atoms with van der Waals surface area (Å²) in [5.74, 6) is 0.820. The summed E-state index contributed by atoms with van der Waals surface area (Å²) in [6.07, 6.45) is 3.54. The molecule has 3 rings (SSSR count). The van der Waals surface area contributed by atoms with Crippen molar-refractivity contribution in [3.05, 3.63) is 59.4 Å². The number of aromatic hydroxyl groups is 1. The summed E-state index contributed by atoms with van der Waals surface area (Å²) >= 11 is 5.78. The van der Waals surface area contributed by atoms with Gasteiger partial charge in [-0.3, -0.25) is 0 Å². The van der Waals surface area contributed by atoms with E-state index in [9.17, 15) is 5.11 Å². The van der Waals surface area contributed by atoms with E-state index >= 15 is 0 Å². The van der Waals surface area contributed by atoms with Crippen LogP contribution < -0.4 is 4.74 Å². The predicted molar refractivity (Wildman–Crippen MR) is 75.3 cm³/mol. The summed E-state index contributed by atoms with van der Waals surface area (Å²) in [6, 6.07) is 12.0. The lowest BCUT2D eigenvalue weighted by atomic mass is 10.3. The minimum absolute atomic E-state index is 0.0356. The SMILES string of the molecule is N#Cc1cc2c(Oc3ccc(Cl)cc3O)cccn2c1. The van der Waals surface area contributed by atoms with Crippen molar-refractivity contribution in [1.29, 1.82) is 5.26 Å². The van der Waals surface area contributed by atoms with Crippen molar-refractivity contribution in [2.45, 2.75) is 0 Å². The smallest absolute Gasteiger partial charge is 0.169 e. The molecule has 0 saturated heterocycles. The van der Waals surface area contributed by atoms with Crippen molar-refractivity contribution in [1.82, 2.24) is 4.40 Å². The summed E-state index contributed by atoms with van der Waals surface area (Å²) in [4.78, 5) is 0.